The van der Waals surface area contributed by atoms with E-state index in [9.17, 15) is 9.18 Å². The van der Waals surface area contributed by atoms with Crippen molar-refractivity contribution in [3.63, 3.8) is 0 Å². The molecule has 0 aliphatic carbocycles. The molecule has 1 saturated heterocycles. The molecule has 7 heteroatoms. The van der Waals surface area contributed by atoms with Crippen LogP contribution in [-0.2, 0) is 6.54 Å². The Hall–Kier alpha value is -1.98. The average molecular weight is 397 g/mol. The smallest absolute Gasteiger partial charge is 0.407 e. The van der Waals surface area contributed by atoms with Gasteiger partial charge in [-0.2, -0.15) is 0 Å². The van der Waals surface area contributed by atoms with Crippen molar-refractivity contribution in [2.45, 2.75) is 25.4 Å². The summed E-state index contributed by atoms with van der Waals surface area (Å²) in [7, 11) is 0. The number of carboxylic acid groups (broad SMARTS) is 1. The van der Waals surface area contributed by atoms with Crippen molar-refractivity contribution < 1.29 is 14.3 Å². The van der Waals surface area contributed by atoms with Gasteiger partial charge in [-0.3, -0.25) is 0 Å². The van der Waals surface area contributed by atoms with E-state index in [0.29, 0.717) is 42.5 Å². The first-order valence-electron chi connectivity index (χ1n) is 8.38. The summed E-state index contributed by atoms with van der Waals surface area (Å²) in [6.07, 6.45) is 0.471. The van der Waals surface area contributed by atoms with E-state index in [2.05, 4.69) is 4.90 Å². The molecule has 0 unspecified atom stereocenters. The Morgan fingerprint density at radius 2 is 1.88 bits per heavy atom. The number of rotatable bonds is 4. The van der Waals surface area contributed by atoms with Gasteiger partial charge in [0.2, 0.25) is 0 Å². The summed E-state index contributed by atoms with van der Waals surface area (Å²) in [5.74, 6) is -0.301. The lowest BCUT2D eigenvalue weighted by Crippen LogP contribution is -2.46. The molecular formula is C19H19Cl2FN2O2. The van der Waals surface area contributed by atoms with E-state index in [0.717, 1.165) is 11.3 Å². The highest BCUT2D eigenvalue weighted by Crippen LogP contribution is 2.29. The molecule has 0 radical (unpaired) electrons. The van der Waals surface area contributed by atoms with Gasteiger partial charge in [0.05, 0.1) is 10.0 Å². The summed E-state index contributed by atoms with van der Waals surface area (Å²) < 4.78 is 13.8. The molecule has 1 aliphatic rings. The summed E-state index contributed by atoms with van der Waals surface area (Å²) in [6.45, 7) is 1.47. The predicted molar refractivity (Wildman–Crippen MR) is 102 cm³/mol. The lowest BCUT2D eigenvalue weighted by molar-refractivity contribution is 0.131. The Bertz CT molecular complexity index is 795. The maximum Gasteiger partial charge on any atom is 0.407 e. The third-order valence-corrected chi connectivity index (χ3v) is 5.39. The number of benzene rings is 2. The topological polar surface area (TPSA) is 43.8 Å². The molecule has 4 nitrogen and oxygen atoms in total. The molecule has 1 fully saturated rings. The monoisotopic (exact) mass is 396 g/mol. The Kier molecular flexibility index (Phi) is 5.89. The van der Waals surface area contributed by atoms with Crippen LogP contribution in [0.15, 0.2) is 42.5 Å². The minimum absolute atomic E-state index is 0.113. The van der Waals surface area contributed by atoms with Gasteiger partial charge < -0.3 is 14.9 Å². The zero-order valence-corrected chi connectivity index (χ0v) is 15.5. The van der Waals surface area contributed by atoms with Crippen molar-refractivity contribution in [3.05, 3.63) is 63.9 Å². The van der Waals surface area contributed by atoms with Crippen LogP contribution >= 0.6 is 23.2 Å². The SMILES string of the molecule is O=C(O)N1CCC(N(Cc2ccc(Cl)c(Cl)c2)c2cccc(F)c2)CC1. The van der Waals surface area contributed by atoms with Crippen LogP contribution < -0.4 is 4.90 Å². The fourth-order valence-corrected chi connectivity index (χ4v) is 3.61. The fourth-order valence-electron chi connectivity index (χ4n) is 3.29. The molecule has 1 heterocycles. The van der Waals surface area contributed by atoms with Crippen LogP contribution in [0.2, 0.25) is 10.0 Å². The van der Waals surface area contributed by atoms with Gasteiger partial charge in [-0.25, -0.2) is 9.18 Å². The van der Waals surface area contributed by atoms with Crippen LogP contribution in [0.3, 0.4) is 0 Å². The van der Waals surface area contributed by atoms with E-state index in [1.165, 1.54) is 17.0 Å². The number of anilines is 1. The molecule has 26 heavy (non-hydrogen) atoms. The molecule has 0 bridgehead atoms. The zero-order chi connectivity index (χ0) is 18.7. The van der Waals surface area contributed by atoms with Crippen LogP contribution in [0.5, 0.6) is 0 Å². The minimum atomic E-state index is -0.898. The molecule has 2 aromatic rings. The Morgan fingerprint density at radius 1 is 1.15 bits per heavy atom. The molecule has 1 aliphatic heterocycles. The largest absolute Gasteiger partial charge is 0.465 e. The van der Waals surface area contributed by atoms with Gasteiger partial charge in [-0.05, 0) is 48.7 Å². The van der Waals surface area contributed by atoms with Gasteiger partial charge in [0, 0.05) is 31.4 Å². The molecule has 0 spiro atoms. The molecule has 2 aromatic carbocycles. The van der Waals surface area contributed by atoms with Crippen molar-refractivity contribution >= 4 is 35.0 Å². The third-order valence-electron chi connectivity index (χ3n) is 4.65. The Balaban J connectivity index is 1.85. The first kappa shape index (κ1) is 18.8. The number of hydrogen-bond acceptors (Lipinski definition) is 2. The number of nitrogens with zero attached hydrogens (tertiary/aromatic N) is 2. The predicted octanol–water partition coefficient (Wildman–Crippen LogP) is 5.28. The fraction of sp³-hybridized carbons (Fsp3) is 0.316. The lowest BCUT2D eigenvalue weighted by atomic mass is 10.0. The number of carbonyl (C=O) groups is 1. The number of halogens is 3. The van der Waals surface area contributed by atoms with Gasteiger partial charge in [-0.15, -0.1) is 0 Å². The van der Waals surface area contributed by atoms with Gasteiger partial charge in [0.1, 0.15) is 5.82 Å². The molecule has 138 valence electrons. The summed E-state index contributed by atoms with van der Waals surface area (Å²) in [4.78, 5) is 14.7. The Morgan fingerprint density at radius 3 is 2.50 bits per heavy atom. The maximum atomic E-state index is 13.8. The lowest BCUT2D eigenvalue weighted by Gasteiger charge is -2.39. The maximum absolute atomic E-state index is 13.8. The van der Waals surface area contributed by atoms with Crippen LogP contribution in [0.1, 0.15) is 18.4 Å². The van der Waals surface area contributed by atoms with Crippen molar-refractivity contribution in [3.8, 4) is 0 Å². The quantitative estimate of drug-likeness (QED) is 0.763. The summed E-state index contributed by atoms with van der Waals surface area (Å²) in [5.41, 5.74) is 1.73. The van der Waals surface area contributed by atoms with Crippen molar-refractivity contribution in [2.24, 2.45) is 0 Å². The van der Waals surface area contributed by atoms with Gasteiger partial charge in [0.15, 0.2) is 0 Å². The zero-order valence-electron chi connectivity index (χ0n) is 14.0. The molecular weight excluding hydrogens is 378 g/mol. The third kappa shape index (κ3) is 4.40. The van der Waals surface area contributed by atoms with E-state index in [4.69, 9.17) is 28.3 Å². The van der Waals surface area contributed by atoms with Crippen molar-refractivity contribution in [2.75, 3.05) is 18.0 Å². The minimum Gasteiger partial charge on any atom is -0.465 e. The summed E-state index contributed by atoms with van der Waals surface area (Å²) in [5, 5.41) is 10.1. The second kappa shape index (κ2) is 8.14. The molecule has 0 saturated carbocycles. The summed E-state index contributed by atoms with van der Waals surface area (Å²) in [6, 6.07) is 12.0. The standard InChI is InChI=1S/C19H19Cl2FN2O2/c20-17-5-4-13(10-18(17)21)12-24(16-3-1-2-14(22)11-16)15-6-8-23(9-7-15)19(25)26/h1-5,10-11,15H,6-9,12H2,(H,25,26). The van der Waals surface area contributed by atoms with Crippen LogP contribution in [0, 0.1) is 5.82 Å². The first-order chi connectivity index (χ1) is 12.4. The van der Waals surface area contributed by atoms with Crippen LogP contribution in [0.25, 0.3) is 0 Å². The number of hydrogen-bond donors (Lipinski definition) is 1. The molecule has 1 N–H and O–H groups in total. The number of amides is 1. The van der Waals surface area contributed by atoms with Gasteiger partial charge in [0.25, 0.3) is 0 Å². The second-order valence-corrected chi connectivity index (χ2v) is 7.17. The van der Waals surface area contributed by atoms with E-state index in [-0.39, 0.29) is 11.9 Å². The highest BCUT2D eigenvalue weighted by Gasteiger charge is 2.27. The van der Waals surface area contributed by atoms with E-state index in [1.807, 2.05) is 18.2 Å². The average Bonchev–Trinajstić information content (AvgIpc) is 2.62. The first-order valence-corrected chi connectivity index (χ1v) is 9.13. The van der Waals surface area contributed by atoms with E-state index < -0.39 is 6.09 Å². The summed E-state index contributed by atoms with van der Waals surface area (Å²) >= 11 is 12.1. The molecule has 3 rings (SSSR count). The molecule has 0 atom stereocenters. The second-order valence-electron chi connectivity index (χ2n) is 6.36. The normalized spacial score (nSPS) is 15.1. The van der Waals surface area contributed by atoms with Crippen molar-refractivity contribution in [1.29, 1.82) is 0 Å². The number of likely N-dealkylation sites (tertiary alicyclic amines) is 1. The van der Waals surface area contributed by atoms with Crippen LogP contribution in [0.4, 0.5) is 14.9 Å². The van der Waals surface area contributed by atoms with Gasteiger partial charge >= 0.3 is 6.09 Å². The van der Waals surface area contributed by atoms with Gasteiger partial charge in [-0.1, -0.05) is 35.3 Å². The highest BCUT2D eigenvalue weighted by molar-refractivity contribution is 6.42. The van der Waals surface area contributed by atoms with Crippen LogP contribution in [-0.4, -0.2) is 35.2 Å². The molecule has 0 aromatic heterocycles. The van der Waals surface area contributed by atoms with E-state index >= 15 is 0 Å². The Labute approximate surface area is 161 Å². The molecule has 1 amide bonds. The number of piperidine rings is 1. The van der Waals surface area contributed by atoms with Crippen molar-refractivity contribution in [1.82, 2.24) is 4.90 Å². The highest BCUT2D eigenvalue weighted by atomic mass is 35.5. The van der Waals surface area contributed by atoms with E-state index in [1.54, 1.807) is 12.1 Å².